The molecule has 0 spiro atoms. The van der Waals surface area contributed by atoms with Crippen molar-refractivity contribution >= 4 is 11.5 Å². The monoisotopic (exact) mass is 246 g/mol. The van der Waals surface area contributed by atoms with Crippen LogP contribution in [0.5, 0.6) is 0 Å². The number of halogens is 1. The van der Waals surface area contributed by atoms with Crippen LogP contribution in [0.25, 0.3) is 0 Å². The molecule has 1 N–H and O–H groups in total. The van der Waals surface area contributed by atoms with Crippen molar-refractivity contribution in [1.82, 2.24) is 4.98 Å². The molecule has 2 aromatic rings. The summed E-state index contributed by atoms with van der Waals surface area (Å²) in [6, 6.07) is 10.0. The molecule has 0 aliphatic heterocycles. The van der Waals surface area contributed by atoms with Crippen LogP contribution < -0.4 is 4.90 Å². The number of pyridine rings is 1. The zero-order valence-electron chi connectivity index (χ0n) is 10.3. The van der Waals surface area contributed by atoms with Crippen LogP contribution in [0.4, 0.5) is 15.9 Å². The van der Waals surface area contributed by atoms with Crippen molar-refractivity contribution in [2.45, 2.75) is 13.0 Å². The summed E-state index contributed by atoms with van der Waals surface area (Å²) in [5, 5.41) is 9.71. The molecule has 0 aliphatic carbocycles. The first kappa shape index (κ1) is 12.5. The number of hydrogen-bond acceptors (Lipinski definition) is 3. The molecule has 1 aromatic carbocycles. The zero-order chi connectivity index (χ0) is 13.1. The highest BCUT2D eigenvalue weighted by Gasteiger charge is 2.15. The van der Waals surface area contributed by atoms with Crippen LogP contribution in [-0.4, -0.2) is 17.1 Å². The number of anilines is 2. The maximum Gasteiger partial charge on any atom is 0.146 e. The summed E-state index contributed by atoms with van der Waals surface area (Å²) in [6.07, 6.45) is 0.973. The number of benzene rings is 1. The van der Waals surface area contributed by atoms with Gasteiger partial charge >= 0.3 is 0 Å². The van der Waals surface area contributed by atoms with Crippen molar-refractivity contribution in [2.75, 3.05) is 11.9 Å². The Bertz CT molecular complexity index is 543. The lowest BCUT2D eigenvalue weighted by molar-refractivity contribution is 0.199. The van der Waals surface area contributed by atoms with Crippen LogP contribution in [0.3, 0.4) is 0 Å². The number of aliphatic hydroxyl groups is 1. The minimum atomic E-state index is -0.650. The van der Waals surface area contributed by atoms with E-state index in [1.165, 1.54) is 6.07 Å². The van der Waals surface area contributed by atoms with E-state index in [0.29, 0.717) is 17.1 Å². The lowest BCUT2D eigenvalue weighted by Crippen LogP contribution is -2.15. The lowest BCUT2D eigenvalue weighted by atomic mass is 10.1. The van der Waals surface area contributed by atoms with Crippen molar-refractivity contribution in [2.24, 2.45) is 0 Å². The van der Waals surface area contributed by atoms with Gasteiger partial charge in [0.05, 0.1) is 11.8 Å². The van der Waals surface area contributed by atoms with E-state index in [4.69, 9.17) is 0 Å². The smallest absolute Gasteiger partial charge is 0.146 e. The summed E-state index contributed by atoms with van der Waals surface area (Å²) in [5.41, 5.74) is 1.10. The first-order chi connectivity index (χ1) is 8.61. The van der Waals surface area contributed by atoms with Crippen molar-refractivity contribution in [1.29, 1.82) is 0 Å². The highest BCUT2D eigenvalue weighted by Crippen LogP contribution is 2.29. The molecule has 0 bridgehead atoms. The highest BCUT2D eigenvalue weighted by atomic mass is 19.1. The predicted octanol–water partition coefficient (Wildman–Crippen LogP) is 3.04. The molecule has 0 unspecified atom stereocenters. The highest BCUT2D eigenvalue weighted by molar-refractivity contribution is 5.62. The third-order valence-electron chi connectivity index (χ3n) is 2.80. The van der Waals surface area contributed by atoms with Gasteiger partial charge in [-0.05, 0) is 25.1 Å². The Balaban J connectivity index is 2.46. The van der Waals surface area contributed by atoms with E-state index in [2.05, 4.69) is 4.98 Å². The summed E-state index contributed by atoms with van der Waals surface area (Å²) >= 11 is 0. The van der Waals surface area contributed by atoms with E-state index in [1.807, 2.05) is 0 Å². The average Bonchev–Trinajstić information content (AvgIpc) is 2.38. The van der Waals surface area contributed by atoms with E-state index in [1.54, 1.807) is 55.4 Å². The van der Waals surface area contributed by atoms with Gasteiger partial charge in [0.25, 0.3) is 0 Å². The largest absolute Gasteiger partial charge is 0.389 e. The molecular formula is C14H15FN2O. The Labute approximate surface area is 106 Å². The molecule has 1 heterocycles. The fourth-order valence-corrected chi connectivity index (χ4v) is 1.85. The van der Waals surface area contributed by atoms with Crippen molar-refractivity contribution in [3.8, 4) is 0 Å². The summed E-state index contributed by atoms with van der Waals surface area (Å²) in [7, 11) is 1.73. The van der Waals surface area contributed by atoms with Crippen LogP contribution in [0.1, 0.15) is 18.6 Å². The van der Waals surface area contributed by atoms with Gasteiger partial charge in [0.1, 0.15) is 11.6 Å². The molecule has 0 saturated carbocycles. The second kappa shape index (κ2) is 5.14. The summed E-state index contributed by atoms with van der Waals surface area (Å²) < 4.78 is 13.7. The molecule has 0 fully saturated rings. The van der Waals surface area contributed by atoms with Crippen molar-refractivity contribution in [3.63, 3.8) is 0 Å². The van der Waals surface area contributed by atoms with Gasteiger partial charge in [-0.15, -0.1) is 0 Å². The molecular weight excluding hydrogens is 231 g/mol. The number of rotatable bonds is 3. The molecule has 4 heteroatoms. The number of hydrogen-bond donors (Lipinski definition) is 1. The quantitative estimate of drug-likeness (QED) is 0.904. The molecule has 0 aliphatic rings. The first-order valence-corrected chi connectivity index (χ1v) is 5.72. The van der Waals surface area contributed by atoms with Gasteiger partial charge in [0.15, 0.2) is 0 Å². The number of aromatic nitrogens is 1. The van der Waals surface area contributed by atoms with Gasteiger partial charge < -0.3 is 10.0 Å². The van der Waals surface area contributed by atoms with E-state index in [9.17, 15) is 9.50 Å². The molecule has 18 heavy (non-hydrogen) atoms. The molecule has 0 radical (unpaired) electrons. The SMILES string of the molecule is C[C@@H](O)c1cccnc1N(C)c1ccccc1F. The third-order valence-corrected chi connectivity index (χ3v) is 2.80. The van der Waals surface area contributed by atoms with Crippen molar-refractivity contribution < 1.29 is 9.50 Å². The predicted molar refractivity (Wildman–Crippen MR) is 69.3 cm³/mol. The molecule has 2 rings (SSSR count). The normalized spacial score (nSPS) is 12.2. The van der Waals surface area contributed by atoms with Crippen LogP contribution in [0, 0.1) is 5.82 Å². The van der Waals surface area contributed by atoms with E-state index < -0.39 is 6.10 Å². The molecule has 0 saturated heterocycles. The Morgan fingerprint density at radius 2 is 1.94 bits per heavy atom. The molecule has 1 atom stereocenters. The topological polar surface area (TPSA) is 36.4 Å². The Morgan fingerprint density at radius 3 is 2.61 bits per heavy atom. The van der Waals surface area contributed by atoms with Crippen LogP contribution >= 0.6 is 0 Å². The Kier molecular flexibility index (Phi) is 3.58. The molecule has 0 amide bonds. The second-order valence-electron chi connectivity index (χ2n) is 4.10. The van der Waals surface area contributed by atoms with Gasteiger partial charge in [-0.25, -0.2) is 9.37 Å². The van der Waals surface area contributed by atoms with Crippen LogP contribution in [-0.2, 0) is 0 Å². The zero-order valence-corrected chi connectivity index (χ0v) is 10.3. The average molecular weight is 246 g/mol. The number of nitrogens with zero attached hydrogens (tertiary/aromatic N) is 2. The van der Waals surface area contributed by atoms with Gasteiger partial charge in [0.2, 0.25) is 0 Å². The molecule has 3 nitrogen and oxygen atoms in total. The molecule has 94 valence electrons. The van der Waals surface area contributed by atoms with Gasteiger partial charge in [-0.1, -0.05) is 18.2 Å². The van der Waals surface area contributed by atoms with Gasteiger partial charge in [-0.2, -0.15) is 0 Å². The fourth-order valence-electron chi connectivity index (χ4n) is 1.85. The minimum absolute atomic E-state index is 0.317. The summed E-state index contributed by atoms with van der Waals surface area (Å²) in [6.45, 7) is 1.66. The van der Waals surface area contributed by atoms with Gasteiger partial charge in [0, 0.05) is 18.8 Å². The fraction of sp³-hybridized carbons (Fsp3) is 0.214. The third kappa shape index (κ3) is 2.33. The van der Waals surface area contributed by atoms with E-state index >= 15 is 0 Å². The van der Waals surface area contributed by atoms with Crippen LogP contribution in [0.2, 0.25) is 0 Å². The van der Waals surface area contributed by atoms with E-state index in [0.717, 1.165) is 0 Å². The van der Waals surface area contributed by atoms with Gasteiger partial charge in [-0.3, -0.25) is 0 Å². The summed E-state index contributed by atoms with van der Waals surface area (Å²) in [5.74, 6) is 0.236. The van der Waals surface area contributed by atoms with Crippen molar-refractivity contribution in [3.05, 3.63) is 54.0 Å². The number of para-hydroxylation sites is 1. The maximum atomic E-state index is 13.7. The lowest BCUT2D eigenvalue weighted by Gasteiger charge is -2.22. The standard InChI is InChI=1S/C14H15FN2O/c1-10(18)11-6-5-9-16-14(11)17(2)13-8-4-3-7-12(13)15/h3-10,18H,1-2H3/t10-/m1/s1. The Morgan fingerprint density at radius 1 is 1.22 bits per heavy atom. The number of aliphatic hydroxyl groups excluding tert-OH is 1. The second-order valence-corrected chi connectivity index (χ2v) is 4.10. The van der Waals surface area contributed by atoms with Crippen LogP contribution in [0.15, 0.2) is 42.6 Å². The summed E-state index contributed by atoms with van der Waals surface area (Å²) in [4.78, 5) is 5.85. The molecule has 1 aromatic heterocycles. The minimum Gasteiger partial charge on any atom is -0.389 e. The van der Waals surface area contributed by atoms with E-state index in [-0.39, 0.29) is 5.82 Å². The first-order valence-electron chi connectivity index (χ1n) is 5.72. The maximum absolute atomic E-state index is 13.7. The Hall–Kier alpha value is -1.94.